The number of alkyl halides is 3. The number of ether oxygens (including phenoxy) is 1. The zero-order chi connectivity index (χ0) is 21.7. The normalized spacial score (nSPS) is 12.7. The van der Waals surface area contributed by atoms with Crippen LogP contribution in [0.4, 0.5) is 18.9 Å². The Morgan fingerprint density at radius 2 is 1.63 bits per heavy atom. The summed E-state index contributed by atoms with van der Waals surface area (Å²) in [7, 11) is 0. The summed E-state index contributed by atoms with van der Waals surface area (Å²) in [6, 6.07) is 17.3. The van der Waals surface area contributed by atoms with Crippen LogP contribution in [-0.4, -0.2) is 18.0 Å². The summed E-state index contributed by atoms with van der Waals surface area (Å²) >= 11 is 0. The monoisotopic (exact) mass is 413 g/mol. The van der Waals surface area contributed by atoms with Gasteiger partial charge >= 0.3 is 12.1 Å². The predicted molar refractivity (Wildman–Crippen MR) is 109 cm³/mol. The minimum Gasteiger partial charge on any atom is -0.449 e. The lowest BCUT2D eigenvalue weighted by molar-refractivity contribution is -0.148. The van der Waals surface area contributed by atoms with Gasteiger partial charge in [-0.15, -0.1) is 0 Å². The molecule has 154 valence electrons. The Morgan fingerprint density at radius 1 is 0.967 bits per heavy atom. The van der Waals surface area contributed by atoms with Crippen LogP contribution in [0.15, 0.2) is 72.8 Å². The molecule has 3 aromatic rings. The molecule has 0 aromatic heterocycles. The highest BCUT2D eigenvalue weighted by molar-refractivity contribution is 6.04. The fourth-order valence-corrected chi connectivity index (χ4v) is 2.78. The number of hydrogen-bond acceptors (Lipinski definition) is 3. The molecule has 0 radical (unpaired) electrons. The SMILES string of the molecule is C[C@H](OC(=O)/C=C/c1ccc(C(F)(F)F)cc1)C(=O)Nc1cccc2ccccc12. The van der Waals surface area contributed by atoms with E-state index in [1.165, 1.54) is 25.1 Å². The van der Waals surface area contributed by atoms with Crippen LogP contribution < -0.4 is 5.32 Å². The molecule has 0 spiro atoms. The van der Waals surface area contributed by atoms with Gasteiger partial charge in [-0.05, 0) is 42.1 Å². The summed E-state index contributed by atoms with van der Waals surface area (Å²) in [5, 5.41) is 4.55. The maximum atomic E-state index is 12.6. The summed E-state index contributed by atoms with van der Waals surface area (Å²) in [5.74, 6) is -1.28. The maximum Gasteiger partial charge on any atom is 0.416 e. The molecule has 3 rings (SSSR count). The Hall–Kier alpha value is -3.61. The Kier molecular flexibility index (Phi) is 6.20. The first-order valence-corrected chi connectivity index (χ1v) is 9.08. The van der Waals surface area contributed by atoms with Crippen molar-refractivity contribution in [2.24, 2.45) is 0 Å². The molecule has 3 aromatic carbocycles. The van der Waals surface area contributed by atoms with E-state index in [-0.39, 0.29) is 0 Å². The number of halogens is 3. The lowest BCUT2D eigenvalue weighted by Crippen LogP contribution is -2.29. The summed E-state index contributed by atoms with van der Waals surface area (Å²) in [4.78, 5) is 24.3. The van der Waals surface area contributed by atoms with Gasteiger partial charge in [-0.25, -0.2) is 4.79 Å². The summed E-state index contributed by atoms with van der Waals surface area (Å²) < 4.78 is 42.8. The van der Waals surface area contributed by atoms with Crippen molar-refractivity contribution < 1.29 is 27.5 Å². The van der Waals surface area contributed by atoms with Crippen molar-refractivity contribution in [3.63, 3.8) is 0 Å². The van der Waals surface area contributed by atoms with Gasteiger partial charge in [0.05, 0.1) is 5.56 Å². The minimum absolute atomic E-state index is 0.396. The van der Waals surface area contributed by atoms with Crippen LogP contribution in [0.3, 0.4) is 0 Å². The minimum atomic E-state index is -4.42. The maximum absolute atomic E-state index is 12.6. The number of nitrogens with one attached hydrogen (secondary N) is 1. The first-order chi connectivity index (χ1) is 14.2. The largest absolute Gasteiger partial charge is 0.449 e. The van der Waals surface area contributed by atoms with E-state index in [9.17, 15) is 22.8 Å². The van der Waals surface area contributed by atoms with E-state index in [0.29, 0.717) is 11.3 Å². The Labute approximate surface area is 171 Å². The summed E-state index contributed by atoms with van der Waals surface area (Å²) in [5.41, 5.74) is 0.218. The number of benzene rings is 3. The molecule has 0 aliphatic carbocycles. The van der Waals surface area contributed by atoms with Crippen molar-refractivity contribution in [2.75, 3.05) is 5.32 Å². The second kappa shape index (κ2) is 8.82. The third-order valence-electron chi connectivity index (χ3n) is 4.36. The summed E-state index contributed by atoms with van der Waals surface area (Å²) in [6.07, 6.45) is -3.11. The molecule has 0 unspecified atom stereocenters. The predicted octanol–water partition coefficient (Wildman–Crippen LogP) is 5.44. The topological polar surface area (TPSA) is 55.4 Å². The molecule has 1 amide bonds. The van der Waals surface area contributed by atoms with E-state index in [4.69, 9.17) is 4.74 Å². The highest BCUT2D eigenvalue weighted by Crippen LogP contribution is 2.29. The van der Waals surface area contributed by atoms with Gasteiger partial charge in [0, 0.05) is 17.1 Å². The lowest BCUT2D eigenvalue weighted by Gasteiger charge is -2.14. The lowest BCUT2D eigenvalue weighted by atomic mass is 10.1. The number of hydrogen-bond donors (Lipinski definition) is 1. The van der Waals surface area contributed by atoms with Crippen LogP contribution in [0.2, 0.25) is 0 Å². The number of fused-ring (bicyclic) bond motifs is 1. The van der Waals surface area contributed by atoms with Crippen molar-refractivity contribution in [3.05, 3.63) is 83.9 Å². The fraction of sp³-hybridized carbons (Fsp3) is 0.130. The van der Waals surface area contributed by atoms with Crippen molar-refractivity contribution in [3.8, 4) is 0 Å². The quantitative estimate of drug-likeness (QED) is 0.448. The molecule has 4 nitrogen and oxygen atoms in total. The van der Waals surface area contributed by atoms with Crippen LogP contribution in [-0.2, 0) is 20.5 Å². The van der Waals surface area contributed by atoms with Gasteiger partial charge < -0.3 is 10.1 Å². The van der Waals surface area contributed by atoms with Gasteiger partial charge in [-0.2, -0.15) is 13.2 Å². The molecule has 0 aliphatic rings. The van der Waals surface area contributed by atoms with Gasteiger partial charge in [0.25, 0.3) is 5.91 Å². The van der Waals surface area contributed by atoms with E-state index in [2.05, 4.69) is 5.32 Å². The number of carbonyl (C=O) groups excluding carboxylic acids is 2. The van der Waals surface area contributed by atoms with Crippen LogP contribution in [0, 0.1) is 0 Å². The Balaban J connectivity index is 1.59. The Bertz CT molecular complexity index is 1080. The molecule has 0 aliphatic heterocycles. The molecular weight excluding hydrogens is 395 g/mol. The van der Waals surface area contributed by atoms with Crippen LogP contribution in [0.25, 0.3) is 16.8 Å². The molecule has 30 heavy (non-hydrogen) atoms. The third kappa shape index (κ3) is 5.26. The Morgan fingerprint density at radius 3 is 2.33 bits per heavy atom. The van der Waals surface area contributed by atoms with Crippen molar-refractivity contribution in [2.45, 2.75) is 19.2 Å². The van der Waals surface area contributed by atoms with E-state index in [0.717, 1.165) is 29.0 Å². The number of carbonyl (C=O) groups is 2. The molecule has 1 atom stereocenters. The van der Waals surface area contributed by atoms with Gasteiger partial charge in [0.2, 0.25) is 0 Å². The average molecular weight is 413 g/mol. The third-order valence-corrected chi connectivity index (χ3v) is 4.36. The molecule has 0 fully saturated rings. The molecule has 0 saturated carbocycles. The van der Waals surface area contributed by atoms with Crippen molar-refractivity contribution >= 4 is 34.4 Å². The zero-order valence-electron chi connectivity index (χ0n) is 15.9. The number of esters is 1. The van der Waals surface area contributed by atoms with Crippen molar-refractivity contribution in [1.29, 1.82) is 0 Å². The standard InChI is InChI=1S/C23H18F3NO3/c1-15(22(29)27-20-8-4-6-17-5-2-3-7-19(17)20)30-21(28)14-11-16-9-12-18(13-10-16)23(24,25)26/h2-15H,1H3,(H,27,29)/b14-11+/t15-/m0/s1. The number of rotatable bonds is 5. The smallest absolute Gasteiger partial charge is 0.416 e. The van der Waals surface area contributed by atoms with Crippen LogP contribution in [0.5, 0.6) is 0 Å². The van der Waals surface area contributed by atoms with Crippen molar-refractivity contribution in [1.82, 2.24) is 0 Å². The molecule has 0 heterocycles. The molecule has 1 N–H and O–H groups in total. The number of amides is 1. The van der Waals surface area contributed by atoms with Gasteiger partial charge in [-0.1, -0.05) is 48.5 Å². The highest BCUT2D eigenvalue weighted by atomic mass is 19.4. The van der Waals surface area contributed by atoms with E-state index in [1.54, 1.807) is 12.1 Å². The van der Waals surface area contributed by atoms with Gasteiger partial charge in [0.15, 0.2) is 6.10 Å². The van der Waals surface area contributed by atoms with Crippen LogP contribution in [0.1, 0.15) is 18.1 Å². The van der Waals surface area contributed by atoms with Gasteiger partial charge in [-0.3, -0.25) is 4.79 Å². The zero-order valence-corrected chi connectivity index (χ0v) is 15.9. The first-order valence-electron chi connectivity index (χ1n) is 9.08. The number of anilines is 1. The molecule has 7 heteroatoms. The van der Waals surface area contributed by atoms with E-state index < -0.39 is 29.7 Å². The first kappa shape index (κ1) is 21.1. The molecule has 0 bridgehead atoms. The average Bonchev–Trinajstić information content (AvgIpc) is 2.72. The highest BCUT2D eigenvalue weighted by Gasteiger charge is 2.29. The molecular formula is C23H18F3NO3. The van der Waals surface area contributed by atoms with Gasteiger partial charge in [0.1, 0.15) is 0 Å². The van der Waals surface area contributed by atoms with E-state index in [1.807, 2.05) is 30.3 Å². The van der Waals surface area contributed by atoms with E-state index >= 15 is 0 Å². The fourth-order valence-electron chi connectivity index (χ4n) is 2.78. The van der Waals surface area contributed by atoms with Crippen LogP contribution >= 0.6 is 0 Å². The summed E-state index contributed by atoms with van der Waals surface area (Å²) in [6.45, 7) is 1.43. The second-order valence-electron chi connectivity index (χ2n) is 6.55. The molecule has 0 saturated heterocycles. The second-order valence-corrected chi connectivity index (χ2v) is 6.55.